The van der Waals surface area contributed by atoms with E-state index in [2.05, 4.69) is 0 Å². The van der Waals surface area contributed by atoms with E-state index in [1.807, 2.05) is 26.8 Å². The van der Waals surface area contributed by atoms with Crippen molar-refractivity contribution in [3.63, 3.8) is 0 Å². The van der Waals surface area contributed by atoms with Crippen molar-refractivity contribution in [2.45, 2.75) is 32.6 Å². The molecule has 29 heavy (non-hydrogen) atoms. The minimum atomic E-state index is -0.283. The SMILES string of the molecule is CCOc1cc(-c2c(O)cc(-c3ccco3)c(C)c2SCC)cc(O)c1C(C)=O. The number of ketones is 1. The summed E-state index contributed by atoms with van der Waals surface area (Å²) in [5, 5.41) is 21.4. The molecule has 3 rings (SSSR count). The number of Topliss-reactive ketones (excluding diaryl/α,β-unsaturated/α-hetero) is 1. The van der Waals surface area contributed by atoms with E-state index >= 15 is 0 Å². The van der Waals surface area contributed by atoms with Crippen molar-refractivity contribution >= 4 is 17.5 Å². The van der Waals surface area contributed by atoms with Crippen molar-refractivity contribution in [2.24, 2.45) is 0 Å². The summed E-state index contributed by atoms with van der Waals surface area (Å²) in [5.41, 5.74) is 3.09. The summed E-state index contributed by atoms with van der Waals surface area (Å²) in [7, 11) is 0. The number of phenolic OH excluding ortho intramolecular Hbond substituents is 2. The molecule has 5 nitrogen and oxygen atoms in total. The van der Waals surface area contributed by atoms with E-state index in [0.717, 1.165) is 21.8 Å². The molecule has 2 aromatic carbocycles. The van der Waals surface area contributed by atoms with Crippen LogP contribution in [0.2, 0.25) is 0 Å². The molecule has 0 fully saturated rings. The van der Waals surface area contributed by atoms with Crippen LogP contribution in [0.5, 0.6) is 17.2 Å². The highest BCUT2D eigenvalue weighted by Crippen LogP contribution is 2.47. The first-order valence-corrected chi connectivity index (χ1v) is 10.4. The van der Waals surface area contributed by atoms with Crippen LogP contribution in [0.15, 0.2) is 45.9 Å². The quantitative estimate of drug-likeness (QED) is 0.363. The van der Waals surface area contributed by atoms with Crippen LogP contribution in [0.25, 0.3) is 22.5 Å². The summed E-state index contributed by atoms with van der Waals surface area (Å²) in [5.74, 6) is 1.38. The summed E-state index contributed by atoms with van der Waals surface area (Å²) < 4.78 is 11.1. The standard InChI is InChI=1S/C23H24O5S/c1-5-27-20-11-15(10-17(25)21(20)14(4)24)22-18(26)12-16(19-8-7-9-28-19)13(3)23(22)29-6-2/h7-12,25-26H,5-6H2,1-4H3. The Morgan fingerprint density at radius 2 is 1.93 bits per heavy atom. The second-order valence-corrected chi connectivity index (χ2v) is 7.81. The summed E-state index contributed by atoms with van der Waals surface area (Å²) in [4.78, 5) is 12.9. The molecule has 0 aliphatic rings. The third-order valence-corrected chi connectivity index (χ3v) is 5.69. The Labute approximate surface area is 174 Å². The van der Waals surface area contributed by atoms with Crippen molar-refractivity contribution < 1.29 is 24.2 Å². The third kappa shape index (κ3) is 3.98. The van der Waals surface area contributed by atoms with E-state index in [0.29, 0.717) is 29.2 Å². The van der Waals surface area contributed by atoms with Crippen LogP contribution >= 0.6 is 11.8 Å². The van der Waals surface area contributed by atoms with Gasteiger partial charge in [-0.2, -0.15) is 0 Å². The van der Waals surface area contributed by atoms with Gasteiger partial charge in [0.15, 0.2) is 5.78 Å². The van der Waals surface area contributed by atoms with Gasteiger partial charge in [0.1, 0.15) is 28.6 Å². The molecule has 0 amide bonds. The van der Waals surface area contributed by atoms with E-state index in [1.54, 1.807) is 36.2 Å². The Morgan fingerprint density at radius 1 is 1.17 bits per heavy atom. The summed E-state index contributed by atoms with van der Waals surface area (Å²) in [6, 6.07) is 8.52. The lowest BCUT2D eigenvalue weighted by Gasteiger charge is -2.19. The molecule has 0 spiro atoms. The average molecular weight is 413 g/mol. The van der Waals surface area contributed by atoms with Gasteiger partial charge in [0, 0.05) is 16.0 Å². The molecule has 0 aliphatic heterocycles. The zero-order valence-corrected chi connectivity index (χ0v) is 17.7. The molecule has 1 aromatic heterocycles. The number of furan rings is 1. The van der Waals surface area contributed by atoms with Crippen molar-refractivity contribution in [3.05, 3.63) is 47.7 Å². The van der Waals surface area contributed by atoms with Gasteiger partial charge in [-0.3, -0.25) is 4.79 Å². The van der Waals surface area contributed by atoms with Crippen molar-refractivity contribution in [2.75, 3.05) is 12.4 Å². The van der Waals surface area contributed by atoms with Crippen molar-refractivity contribution in [1.82, 2.24) is 0 Å². The number of carbonyl (C=O) groups excluding carboxylic acids is 1. The number of phenols is 2. The maximum absolute atomic E-state index is 12.0. The normalized spacial score (nSPS) is 10.9. The van der Waals surface area contributed by atoms with Gasteiger partial charge in [-0.05, 0) is 68.0 Å². The largest absolute Gasteiger partial charge is 0.507 e. The van der Waals surface area contributed by atoms with Crippen LogP contribution in [0.4, 0.5) is 0 Å². The molecule has 0 saturated carbocycles. The highest BCUT2D eigenvalue weighted by molar-refractivity contribution is 7.99. The predicted molar refractivity (Wildman–Crippen MR) is 115 cm³/mol. The van der Waals surface area contributed by atoms with Gasteiger partial charge in [0.2, 0.25) is 0 Å². The lowest BCUT2D eigenvalue weighted by Crippen LogP contribution is -2.02. The molecule has 2 N–H and O–H groups in total. The first kappa shape index (κ1) is 20.9. The number of hydrogen-bond acceptors (Lipinski definition) is 6. The number of benzene rings is 2. The highest BCUT2D eigenvalue weighted by atomic mass is 32.2. The molecule has 0 atom stereocenters. The number of carbonyl (C=O) groups is 1. The van der Waals surface area contributed by atoms with E-state index in [9.17, 15) is 15.0 Å². The van der Waals surface area contributed by atoms with Gasteiger partial charge in [0.05, 0.1) is 12.9 Å². The first-order chi connectivity index (χ1) is 13.9. The maximum atomic E-state index is 12.0. The molecule has 0 radical (unpaired) electrons. The smallest absolute Gasteiger partial charge is 0.167 e. The Bertz CT molecular complexity index is 1040. The molecule has 0 bridgehead atoms. The van der Waals surface area contributed by atoms with Crippen LogP contribution in [0, 0.1) is 6.92 Å². The second kappa shape index (κ2) is 8.66. The zero-order valence-electron chi connectivity index (χ0n) is 16.9. The summed E-state index contributed by atoms with van der Waals surface area (Å²) >= 11 is 1.59. The van der Waals surface area contributed by atoms with E-state index in [4.69, 9.17) is 9.15 Å². The maximum Gasteiger partial charge on any atom is 0.167 e. The van der Waals surface area contributed by atoms with Gasteiger partial charge in [-0.15, -0.1) is 11.8 Å². The molecule has 0 unspecified atom stereocenters. The van der Waals surface area contributed by atoms with E-state index < -0.39 is 0 Å². The van der Waals surface area contributed by atoms with Gasteiger partial charge < -0.3 is 19.4 Å². The lowest BCUT2D eigenvalue weighted by atomic mass is 9.95. The Kier molecular flexibility index (Phi) is 6.23. The van der Waals surface area contributed by atoms with Crippen molar-refractivity contribution in [1.29, 1.82) is 0 Å². The minimum absolute atomic E-state index is 0.0652. The molecular weight excluding hydrogens is 388 g/mol. The molecule has 3 aromatic rings. The van der Waals surface area contributed by atoms with Gasteiger partial charge >= 0.3 is 0 Å². The summed E-state index contributed by atoms with van der Waals surface area (Å²) in [6.45, 7) is 7.56. The predicted octanol–water partition coefficient (Wildman–Crippen LogP) is 6.05. The number of rotatable bonds is 7. The molecule has 1 heterocycles. The fraction of sp³-hybridized carbons (Fsp3) is 0.261. The summed E-state index contributed by atoms with van der Waals surface area (Å²) in [6.07, 6.45) is 1.60. The van der Waals surface area contributed by atoms with Crippen LogP contribution in [-0.4, -0.2) is 28.4 Å². The molecule has 152 valence electrons. The number of hydrogen-bond donors (Lipinski definition) is 2. The van der Waals surface area contributed by atoms with Crippen LogP contribution in [0.3, 0.4) is 0 Å². The van der Waals surface area contributed by atoms with Gasteiger partial charge in [-0.25, -0.2) is 0 Å². The van der Waals surface area contributed by atoms with Gasteiger partial charge in [0.25, 0.3) is 0 Å². The monoisotopic (exact) mass is 412 g/mol. The Morgan fingerprint density at radius 3 is 2.52 bits per heavy atom. The topological polar surface area (TPSA) is 79.9 Å². The van der Waals surface area contributed by atoms with Crippen LogP contribution < -0.4 is 4.74 Å². The molecule has 0 saturated heterocycles. The Hall–Kier alpha value is -2.86. The zero-order chi connectivity index (χ0) is 21.1. The fourth-order valence-corrected chi connectivity index (χ4v) is 4.38. The van der Waals surface area contributed by atoms with Gasteiger partial charge in [-0.1, -0.05) is 6.92 Å². The van der Waals surface area contributed by atoms with Crippen LogP contribution in [-0.2, 0) is 0 Å². The molecule has 6 heteroatoms. The third-order valence-electron chi connectivity index (χ3n) is 4.61. The first-order valence-electron chi connectivity index (χ1n) is 9.43. The average Bonchev–Trinajstić information content (AvgIpc) is 3.18. The molecular formula is C23H24O5S. The minimum Gasteiger partial charge on any atom is -0.507 e. The Balaban J connectivity index is 2.28. The van der Waals surface area contributed by atoms with E-state index in [-0.39, 0.29) is 22.8 Å². The van der Waals surface area contributed by atoms with Crippen molar-refractivity contribution in [3.8, 4) is 39.7 Å². The highest BCUT2D eigenvalue weighted by Gasteiger charge is 2.23. The fourth-order valence-electron chi connectivity index (χ4n) is 3.40. The number of thioether (sulfide) groups is 1. The lowest BCUT2D eigenvalue weighted by molar-refractivity contribution is 0.101. The van der Waals surface area contributed by atoms with Crippen LogP contribution in [0.1, 0.15) is 36.7 Å². The number of ether oxygens (including phenoxy) is 1. The van der Waals surface area contributed by atoms with E-state index in [1.165, 1.54) is 13.0 Å². The molecule has 0 aliphatic carbocycles. The number of aromatic hydroxyl groups is 2. The second-order valence-electron chi connectivity index (χ2n) is 6.54.